The summed E-state index contributed by atoms with van der Waals surface area (Å²) >= 11 is 0. The van der Waals surface area contributed by atoms with Crippen molar-refractivity contribution in [3.8, 4) is 0 Å². The molecular formula is C31H32N4O5. The van der Waals surface area contributed by atoms with Gasteiger partial charge in [-0.15, -0.1) is 0 Å². The molecule has 9 nitrogen and oxygen atoms in total. The van der Waals surface area contributed by atoms with Gasteiger partial charge in [0.1, 0.15) is 5.92 Å². The largest absolute Gasteiger partial charge is 0.346 e. The summed E-state index contributed by atoms with van der Waals surface area (Å²) in [5.41, 5.74) is 1.87. The lowest BCUT2D eigenvalue weighted by Gasteiger charge is -2.27. The third-order valence-corrected chi connectivity index (χ3v) is 7.99. The third-order valence-electron chi connectivity index (χ3n) is 7.99. The van der Waals surface area contributed by atoms with Crippen molar-refractivity contribution < 1.29 is 24.0 Å². The number of hydrogen-bond acceptors (Lipinski definition) is 6. The summed E-state index contributed by atoms with van der Waals surface area (Å²) < 4.78 is 0. The molecule has 0 bridgehead atoms. The van der Waals surface area contributed by atoms with Gasteiger partial charge >= 0.3 is 0 Å². The van der Waals surface area contributed by atoms with Gasteiger partial charge in [-0.25, -0.2) is 0 Å². The zero-order chi connectivity index (χ0) is 28.2. The first kappa shape index (κ1) is 27.2. The fraction of sp³-hybridized carbons (Fsp3) is 0.355. The van der Waals surface area contributed by atoms with Crippen LogP contribution in [0.25, 0.3) is 10.9 Å². The molecule has 1 aliphatic heterocycles. The van der Waals surface area contributed by atoms with Crippen LogP contribution in [-0.4, -0.2) is 40.4 Å². The molecule has 40 heavy (non-hydrogen) atoms. The molecule has 4 amide bonds. The zero-order valence-corrected chi connectivity index (χ0v) is 22.3. The molecular weight excluding hydrogens is 508 g/mol. The first-order chi connectivity index (χ1) is 19.3. The molecule has 2 fully saturated rings. The van der Waals surface area contributed by atoms with Crippen molar-refractivity contribution in [2.45, 2.75) is 51.1 Å². The van der Waals surface area contributed by atoms with Gasteiger partial charge in [0, 0.05) is 11.6 Å². The quantitative estimate of drug-likeness (QED) is 0.282. The lowest BCUT2D eigenvalue weighted by molar-refractivity contribution is -0.137. The van der Waals surface area contributed by atoms with Crippen LogP contribution in [0.5, 0.6) is 0 Å². The van der Waals surface area contributed by atoms with E-state index in [-0.39, 0.29) is 18.2 Å². The molecule has 2 aromatic carbocycles. The van der Waals surface area contributed by atoms with Crippen molar-refractivity contribution in [3.63, 3.8) is 0 Å². The maximum atomic E-state index is 13.6. The first-order valence-corrected chi connectivity index (χ1v) is 13.7. The Morgan fingerprint density at radius 1 is 0.950 bits per heavy atom. The van der Waals surface area contributed by atoms with Crippen molar-refractivity contribution in [3.05, 3.63) is 78.0 Å². The Balaban J connectivity index is 1.35. The van der Waals surface area contributed by atoms with Gasteiger partial charge in [-0.3, -0.25) is 34.3 Å². The van der Waals surface area contributed by atoms with E-state index in [1.54, 1.807) is 13.0 Å². The number of benzene rings is 2. The molecule has 3 N–H and O–H groups in total. The summed E-state index contributed by atoms with van der Waals surface area (Å²) in [7, 11) is 0. The standard InChI is InChI=1S/C31H32N4O5/c1-18-26(31(40)35-29(18)38)28(37)27(20-11-5-6-12-20)34-25(36)16-24(19-9-3-2-4-10-19)33-30(39)22-15-21-13-7-8-14-23(21)32-17-22/h2-4,7-10,13-15,17-18,20,24,26-27H,5-6,11-12,16H2,1H3,(H,33,39)(H,34,36)(H,35,38,40)/t18?,24-,26?,27-/m0/s1. The predicted molar refractivity (Wildman–Crippen MR) is 148 cm³/mol. The maximum Gasteiger partial charge on any atom is 0.253 e. The van der Waals surface area contributed by atoms with Crippen LogP contribution >= 0.6 is 0 Å². The fourth-order valence-corrected chi connectivity index (χ4v) is 5.76. The topological polar surface area (TPSA) is 134 Å². The number of nitrogens with one attached hydrogen (secondary N) is 3. The van der Waals surface area contributed by atoms with Crippen LogP contribution in [0, 0.1) is 17.8 Å². The van der Waals surface area contributed by atoms with Crippen LogP contribution in [-0.2, 0) is 19.2 Å². The summed E-state index contributed by atoms with van der Waals surface area (Å²) in [6, 6.07) is 16.8. The van der Waals surface area contributed by atoms with Crippen LogP contribution < -0.4 is 16.0 Å². The monoisotopic (exact) mass is 540 g/mol. The third kappa shape index (κ3) is 5.78. The molecule has 2 heterocycles. The molecule has 1 saturated carbocycles. The van der Waals surface area contributed by atoms with Crippen LogP contribution in [0.3, 0.4) is 0 Å². The molecule has 1 aliphatic carbocycles. The zero-order valence-electron chi connectivity index (χ0n) is 22.3. The van der Waals surface area contributed by atoms with Crippen molar-refractivity contribution in [1.29, 1.82) is 0 Å². The number of carbonyl (C=O) groups excluding carboxylic acids is 5. The molecule has 2 unspecified atom stereocenters. The average Bonchev–Trinajstić information content (AvgIpc) is 3.58. The molecule has 9 heteroatoms. The Kier molecular flexibility index (Phi) is 8.00. The number of fused-ring (bicyclic) bond motifs is 1. The van der Waals surface area contributed by atoms with Gasteiger partial charge in [0.15, 0.2) is 5.78 Å². The van der Waals surface area contributed by atoms with E-state index in [0.29, 0.717) is 5.56 Å². The van der Waals surface area contributed by atoms with Gasteiger partial charge < -0.3 is 10.6 Å². The van der Waals surface area contributed by atoms with E-state index in [1.807, 2.05) is 54.6 Å². The minimum Gasteiger partial charge on any atom is -0.346 e. The van der Waals surface area contributed by atoms with E-state index in [2.05, 4.69) is 20.9 Å². The van der Waals surface area contributed by atoms with Crippen LogP contribution in [0.15, 0.2) is 66.9 Å². The average molecular weight is 541 g/mol. The minimum absolute atomic E-state index is 0.111. The van der Waals surface area contributed by atoms with E-state index in [0.717, 1.165) is 42.1 Å². The number of imide groups is 1. The summed E-state index contributed by atoms with van der Waals surface area (Å²) in [5.74, 6) is -4.34. The molecule has 0 spiro atoms. The highest BCUT2D eigenvalue weighted by Gasteiger charge is 2.47. The Labute approximate surface area is 232 Å². The Hall–Kier alpha value is -4.40. The Morgan fingerprint density at radius 2 is 1.65 bits per heavy atom. The number of para-hydroxylation sites is 1. The smallest absolute Gasteiger partial charge is 0.253 e. The number of nitrogens with zero attached hydrogens (tertiary/aromatic N) is 1. The van der Waals surface area contributed by atoms with Gasteiger partial charge in [0.25, 0.3) is 5.91 Å². The van der Waals surface area contributed by atoms with Crippen molar-refractivity contribution in [2.75, 3.05) is 0 Å². The summed E-state index contributed by atoms with van der Waals surface area (Å²) in [5, 5.41) is 8.90. The normalized spacial score (nSPS) is 20.6. The number of pyridine rings is 1. The molecule has 1 aromatic heterocycles. The minimum atomic E-state index is -1.12. The number of Topliss-reactive ketones (excluding diaryl/α,β-unsaturated/α-hetero) is 1. The summed E-state index contributed by atoms with van der Waals surface area (Å²) in [4.78, 5) is 69.1. The highest BCUT2D eigenvalue weighted by Crippen LogP contribution is 2.32. The van der Waals surface area contributed by atoms with Gasteiger partial charge in [-0.1, -0.05) is 68.3 Å². The van der Waals surface area contributed by atoms with E-state index < -0.39 is 47.4 Å². The number of ketones is 1. The Morgan fingerprint density at radius 3 is 2.35 bits per heavy atom. The number of carbonyl (C=O) groups is 5. The van der Waals surface area contributed by atoms with E-state index in [1.165, 1.54) is 6.20 Å². The molecule has 2 aliphatic rings. The highest BCUT2D eigenvalue weighted by atomic mass is 16.2. The Bertz CT molecular complexity index is 1450. The summed E-state index contributed by atoms with van der Waals surface area (Å²) in [6.45, 7) is 1.55. The number of hydrogen-bond donors (Lipinski definition) is 3. The van der Waals surface area contributed by atoms with E-state index in [4.69, 9.17) is 0 Å². The van der Waals surface area contributed by atoms with Gasteiger partial charge in [0.05, 0.1) is 35.5 Å². The van der Waals surface area contributed by atoms with Crippen molar-refractivity contribution >= 4 is 40.3 Å². The molecule has 206 valence electrons. The molecule has 5 rings (SSSR count). The van der Waals surface area contributed by atoms with Crippen molar-refractivity contribution in [1.82, 2.24) is 20.9 Å². The molecule has 0 radical (unpaired) electrons. The van der Waals surface area contributed by atoms with Crippen LogP contribution in [0.4, 0.5) is 0 Å². The highest BCUT2D eigenvalue weighted by molar-refractivity contribution is 6.16. The van der Waals surface area contributed by atoms with Gasteiger partial charge in [-0.2, -0.15) is 0 Å². The van der Waals surface area contributed by atoms with Crippen LogP contribution in [0.2, 0.25) is 0 Å². The number of aromatic nitrogens is 1. The molecule has 4 atom stereocenters. The lowest BCUT2D eigenvalue weighted by atomic mass is 9.83. The first-order valence-electron chi connectivity index (χ1n) is 13.7. The summed E-state index contributed by atoms with van der Waals surface area (Å²) in [6.07, 6.45) is 4.75. The van der Waals surface area contributed by atoms with Crippen LogP contribution in [0.1, 0.15) is 61.0 Å². The molecule has 3 aromatic rings. The van der Waals surface area contributed by atoms with E-state index in [9.17, 15) is 24.0 Å². The second-order valence-electron chi connectivity index (χ2n) is 10.7. The number of amides is 4. The lowest BCUT2D eigenvalue weighted by Crippen LogP contribution is -2.50. The second-order valence-corrected chi connectivity index (χ2v) is 10.7. The van der Waals surface area contributed by atoms with Gasteiger partial charge in [-0.05, 0) is 36.5 Å². The van der Waals surface area contributed by atoms with Crippen molar-refractivity contribution in [2.24, 2.45) is 17.8 Å². The maximum absolute atomic E-state index is 13.6. The SMILES string of the molecule is CC1C(=O)NC(=O)C1C(=O)[C@@H](NC(=O)C[C@H](NC(=O)c1cnc2ccccc2c1)c1ccccc1)C1CCCC1. The fourth-order valence-electron chi connectivity index (χ4n) is 5.76. The van der Waals surface area contributed by atoms with E-state index >= 15 is 0 Å². The molecule has 1 saturated heterocycles. The second kappa shape index (κ2) is 11.8. The number of rotatable bonds is 9. The predicted octanol–water partition coefficient (Wildman–Crippen LogP) is 3.25. The van der Waals surface area contributed by atoms with Gasteiger partial charge in [0.2, 0.25) is 17.7 Å².